The van der Waals surface area contributed by atoms with Crippen LogP contribution in [0.25, 0.3) is 22.3 Å². The molecule has 0 fully saturated rings. The van der Waals surface area contributed by atoms with Crippen molar-refractivity contribution in [2.24, 2.45) is 10.2 Å². The van der Waals surface area contributed by atoms with E-state index >= 15 is 0 Å². The lowest BCUT2D eigenvalue weighted by Crippen LogP contribution is -1.96. The molecule has 2 N–H and O–H groups in total. The fourth-order valence-corrected chi connectivity index (χ4v) is 2.86. The number of phenolic OH excluding ortho intramolecular Hbond substituents is 1. The van der Waals surface area contributed by atoms with E-state index in [-0.39, 0.29) is 23.0 Å². The standard InChI is InChI=1S/C23H20N2O3/c1-15(26)22(16(2)27)25-24-19-13-20(17-9-5-3-6-10-17)23(28)21(14-19)18-11-7-4-8-12-18/h3-14,26,28H,1-2H3/b22-15-,25-24?. The van der Waals surface area contributed by atoms with Gasteiger partial charge in [-0.25, -0.2) is 0 Å². The van der Waals surface area contributed by atoms with Crippen LogP contribution in [0.5, 0.6) is 5.75 Å². The largest absolute Gasteiger partial charge is 0.510 e. The summed E-state index contributed by atoms with van der Waals surface area (Å²) in [5, 5.41) is 28.6. The third kappa shape index (κ3) is 4.15. The molecule has 0 aliphatic rings. The van der Waals surface area contributed by atoms with Crippen molar-refractivity contribution in [3.63, 3.8) is 0 Å². The van der Waals surface area contributed by atoms with Gasteiger partial charge in [-0.3, -0.25) is 4.79 Å². The molecule has 0 aromatic heterocycles. The maximum Gasteiger partial charge on any atom is 0.183 e. The topological polar surface area (TPSA) is 82.2 Å². The Bertz CT molecular complexity index is 991. The van der Waals surface area contributed by atoms with Gasteiger partial charge in [0.1, 0.15) is 11.5 Å². The summed E-state index contributed by atoms with van der Waals surface area (Å²) < 4.78 is 0. The second kappa shape index (κ2) is 8.31. The Morgan fingerprint density at radius 1 is 0.821 bits per heavy atom. The lowest BCUT2D eigenvalue weighted by molar-refractivity contribution is -0.113. The van der Waals surface area contributed by atoms with E-state index in [4.69, 9.17) is 0 Å². The minimum Gasteiger partial charge on any atom is -0.510 e. The zero-order valence-electron chi connectivity index (χ0n) is 15.6. The molecule has 3 aromatic rings. The molecule has 5 nitrogen and oxygen atoms in total. The average molecular weight is 372 g/mol. The molecule has 28 heavy (non-hydrogen) atoms. The smallest absolute Gasteiger partial charge is 0.183 e. The zero-order valence-corrected chi connectivity index (χ0v) is 15.6. The first kappa shape index (κ1) is 19.0. The van der Waals surface area contributed by atoms with E-state index in [1.807, 2.05) is 60.7 Å². The quantitative estimate of drug-likeness (QED) is 0.318. The van der Waals surface area contributed by atoms with Crippen LogP contribution in [0.4, 0.5) is 5.69 Å². The first-order chi connectivity index (χ1) is 13.5. The number of aliphatic hydroxyl groups excluding tert-OH is 1. The number of benzene rings is 3. The van der Waals surface area contributed by atoms with E-state index in [1.54, 1.807) is 12.1 Å². The van der Waals surface area contributed by atoms with Crippen molar-refractivity contribution in [3.8, 4) is 28.0 Å². The van der Waals surface area contributed by atoms with Crippen molar-refractivity contribution in [1.29, 1.82) is 0 Å². The molecular weight excluding hydrogens is 352 g/mol. The van der Waals surface area contributed by atoms with Gasteiger partial charge >= 0.3 is 0 Å². The number of carbonyl (C=O) groups is 1. The molecule has 3 rings (SSSR count). The van der Waals surface area contributed by atoms with E-state index in [9.17, 15) is 15.0 Å². The highest BCUT2D eigenvalue weighted by Crippen LogP contribution is 2.41. The Hall–Kier alpha value is -3.73. The molecule has 0 aliphatic heterocycles. The number of carbonyl (C=O) groups excluding carboxylic acids is 1. The fraction of sp³-hybridized carbons (Fsp3) is 0.0870. The Morgan fingerprint density at radius 2 is 1.29 bits per heavy atom. The molecule has 0 aliphatic carbocycles. The summed E-state index contributed by atoms with van der Waals surface area (Å²) >= 11 is 0. The molecule has 0 heterocycles. The molecule has 0 radical (unpaired) electrons. The normalized spacial score (nSPS) is 12.1. The third-order valence-electron chi connectivity index (χ3n) is 4.21. The number of nitrogens with zero attached hydrogens (tertiary/aromatic N) is 2. The van der Waals surface area contributed by atoms with Crippen molar-refractivity contribution in [2.75, 3.05) is 0 Å². The molecule has 140 valence electrons. The number of phenols is 1. The Kier molecular flexibility index (Phi) is 5.65. The summed E-state index contributed by atoms with van der Waals surface area (Å²) in [7, 11) is 0. The number of hydrogen-bond acceptors (Lipinski definition) is 5. The first-order valence-corrected chi connectivity index (χ1v) is 8.77. The number of rotatable bonds is 5. The second-order valence-electron chi connectivity index (χ2n) is 6.31. The molecule has 0 atom stereocenters. The number of aliphatic hydroxyl groups is 1. The highest BCUT2D eigenvalue weighted by Gasteiger charge is 2.14. The number of allylic oxidation sites excluding steroid dienone is 2. The van der Waals surface area contributed by atoms with Crippen LogP contribution in [-0.2, 0) is 4.79 Å². The van der Waals surface area contributed by atoms with E-state index in [0.29, 0.717) is 16.8 Å². The number of ketones is 1. The molecule has 0 saturated heterocycles. The Morgan fingerprint density at radius 3 is 1.68 bits per heavy atom. The second-order valence-corrected chi connectivity index (χ2v) is 6.31. The predicted molar refractivity (Wildman–Crippen MR) is 110 cm³/mol. The van der Waals surface area contributed by atoms with Crippen LogP contribution in [0.1, 0.15) is 13.8 Å². The molecule has 0 bridgehead atoms. The highest BCUT2D eigenvalue weighted by atomic mass is 16.3. The van der Waals surface area contributed by atoms with Gasteiger partial charge in [0.2, 0.25) is 0 Å². The summed E-state index contributed by atoms with van der Waals surface area (Å²) in [4.78, 5) is 11.6. The minimum atomic E-state index is -0.380. The predicted octanol–water partition coefficient (Wildman–Crippen LogP) is 6.19. The van der Waals surface area contributed by atoms with Crippen molar-refractivity contribution >= 4 is 11.5 Å². The van der Waals surface area contributed by atoms with Gasteiger partial charge in [0, 0.05) is 18.1 Å². The van der Waals surface area contributed by atoms with E-state index in [1.165, 1.54) is 13.8 Å². The van der Waals surface area contributed by atoms with Gasteiger partial charge in [0.15, 0.2) is 11.5 Å². The third-order valence-corrected chi connectivity index (χ3v) is 4.21. The van der Waals surface area contributed by atoms with Gasteiger partial charge in [0.25, 0.3) is 0 Å². The Balaban J connectivity index is 2.18. The van der Waals surface area contributed by atoms with Crippen LogP contribution in [0.15, 0.2) is 94.5 Å². The van der Waals surface area contributed by atoms with Gasteiger partial charge in [-0.1, -0.05) is 60.7 Å². The van der Waals surface area contributed by atoms with Gasteiger partial charge in [0.05, 0.1) is 5.69 Å². The van der Waals surface area contributed by atoms with Crippen molar-refractivity contribution in [2.45, 2.75) is 13.8 Å². The maximum atomic E-state index is 11.6. The highest BCUT2D eigenvalue weighted by molar-refractivity contribution is 5.93. The van der Waals surface area contributed by atoms with Gasteiger partial charge in [-0.05, 0) is 30.2 Å². The average Bonchev–Trinajstić information content (AvgIpc) is 2.70. The summed E-state index contributed by atoms with van der Waals surface area (Å²) in [5.41, 5.74) is 3.21. The lowest BCUT2D eigenvalue weighted by atomic mass is 9.96. The Labute approximate surface area is 163 Å². The number of Topliss-reactive ketones (excluding diaryl/α,β-unsaturated/α-hetero) is 1. The number of hydrogen-bond donors (Lipinski definition) is 2. The van der Waals surface area contributed by atoms with Gasteiger partial charge in [-0.2, -0.15) is 5.11 Å². The number of aromatic hydroxyl groups is 1. The number of azo groups is 1. The van der Waals surface area contributed by atoms with Crippen molar-refractivity contribution in [3.05, 3.63) is 84.3 Å². The minimum absolute atomic E-state index is 0.101. The summed E-state index contributed by atoms with van der Waals surface area (Å²) in [6.45, 7) is 2.70. The molecule has 0 amide bonds. The van der Waals surface area contributed by atoms with Crippen LogP contribution in [0, 0.1) is 0 Å². The molecule has 0 spiro atoms. The SMILES string of the molecule is CC(=O)/C(N=Nc1cc(-c2ccccc2)c(O)c(-c2ccccc2)c1)=C(\C)O. The monoisotopic (exact) mass is 372 g/mol. The lowest BCUT2D eigenvalue weighted by Gasteiger charge is -2.12. The molecule has 0 saturated carbocycles. The van der Waals surface area contributed by atoms with Crippen LogP contribution in [-0.4, -0.2) is 16.0 Å². The summed E-state index contributed by atoms with van der Waals surface area (Å²) in [6, 6.07) is 22.3. The first-order valence-electron chi connectivity index (χ1n) is 8.77. The zero-order chi connectivity index (χ0) is 20.1. The maximum absolute atomic E-state index is 11.6. The van der Waals surface area contributed by atoms with E-state index < -0.39 is 0 Å². The van der Waals surface area contributed by atoms with Crippen LogP contribution in [0.2, 0.25) is 0 Å². The summed E-state index contributed by atoms with van der Waals surface area (Å²) in [6.07, 6.45) is 0. The molecule has 0 unspecified atom stereocenters. The fourth-order valence-electron chi connectivity index (χ4n) is 2.86. The molecular formula is C23H20N2O3. The van der Waals surface area contributed by atoms with E-state index in [2.05, 4.69) is 10.2 Å². The van der Waals surface area contributed by atoms with Crippen molar-refractivity contribution < 1.29 is 15.0 Å². The van der Waals surface area contributed by atoms with Crippen LogP contribution in [0.3, 0.4) is 0 Å². The summed E-state index contributed by atoms with van der Waals surface area (Å²) in [5.74, 6) is -0.437. The van der Waals surface area contributed by atoms with Crippen LogP contribution < -0.4 is 0 Å². The molecule has 5 heteroatoms. The van der Waals surface area contributed by atoms with Gasteiger partial charge < -0.3 is 10.2 Å². The van der Waals surface area contributed by atoms with Gasteiger partial charge in [-0.15, -0.1) is 5.11 Å². The van der Waals surface area contributed by atoms with Crippen LogP contribution >= 0.6 is 0 Å². The molecule has 3 aromatic carbocycles. The van der Waals surface area contributed by atoms with E-state index in [0.717, 1.165) is 11.1 Å². The van der Waals surface area contributed by atoms with Crippen molar-refractivity contribution in [1.82, 2.24) is 0 Å².